The molecule has 9 heteroatoms. The lowest BCUT2D eigenvalue weighted by Crippen LogP contribution is -2.46. The van der Waals surface area contributed by atoms with E-state index in [1.54, 1.807) is 36.4 Å². The van der Waals surface area contributed by atoms with Gasteiger partial charge in [0, 0.05) is 0 Å². The molecule has 1 aromatic carbocycles. The molecule has 0 radical (unpaired) electrons. The molecule has 0 unspecified atom stereocenters. The summed E-state index contributed by atoms with van der Waals surface area (Å²) in [5, 5.41) is 3.77. The van der Waals surface area contributed by atoms with Crippen LogP contribution >= 0.6 is 0 Å². The molecule has 0 aliphatic heterocycles. The Labute approximate surface area is 152 Å². The van der Waals surface area contributed by atoms with Crippen LogP contribution in [0.2, 0.25) is 0 Å². The van der Waals surface area contributed by atoms with Crippen molar-refractivity contribution in [3.8, 4) is 5.75 Å². The molecule has 0 aliphatic rings. The van der Waals surface area contributed by atoms with E-state index in [0.29, 0.717) is 23.8 Å². The highest BCUT2D eigenvalue weighted by Crippen LogP contribution is 2.24. The van der Waals surface area contributed by atoms with Crippen LogP contribution in [0.1, 0.15) is 19.6 Å². The summed E-state index contributed by atoms with van der Waals surface area (Å²) < 4.78 is 35.9. The van der Waals surface area contributed by atoms with Gasteiger partial charge in [-0.25, -0.2) is 13.8 Å². The fourth-order valence-corrected chi connectivity index (χ4v) is 3.46. The quantitative estimate of drug-likeness (QED) is 0.558. The lowest BCUT2D eigenvalue weighted by molar-refractivity contribution is -0.121. The first-order valence-corrected chi connectivity index (χ1v) is 9.76. The van der Waals surface area contributed by atoms with E-state index in [1.807, 2.05) is 6.92 Å². The number of furan rings is 1. The molecule has 1 aromatic heterocycles. The first-order valence-electron chi connectivity index (χ1n) is 7.91. The number of rotatable bonds is 8. The van der Waals surface area contributed by atoms with Crippen molar-refractivity contribution in [2.75, 3.05) is 17.2 Å². The van der Waals surface area contributed by atoms with E-state index in [-0.39, 0.29) is 0 Å². The van der Waals surface area contributed by atoms with E-state index in [4.69, 9.17) is 9.15 Å². The fraction of sp³-hybridized carbons (Fsp3) is 0.294. The SMILES string of the molecule is CCOc1ccc(N([C@@H](C)C(=O)NN=Cc2ccco2)S(C)(=O)=O)cc1. The molecule has 0 saturated carbocycles. The Hall–Kier alpha value is -2.81. The lowest BCUT2D eigenvalue weighted by Gasteiger charge is -2.27. The number of ether oxygens (including phenoxy) is 1. The first kappa shape index (κ1) is 19.5. The van der Waals surface area contributed by atoms with E-state index in [1.165, 1.54) is 19.4 Å². The summed E-state index contributed by atoms with van der Waals surface area (Å²) in [5.74, 6) is 0.501. The summed E-state index contributed by atoms with van der Waals surface area (Å²) in [5.41, 5.74) is 2.67. The number of nitrogens with one attached hydrogen (secondary N) is 1. The molecular weight excluding hydrogens is 358 g/mol. The largest absolute Gasteiger partial charge is 0.494 e. The van der Waals surface area contributed by atoms with Crippen molar-refractivity contribution in [2.45, 2.75) is 19.9 Å². The zero-order chi connectivity index (χ0) is 19.2. The van der Waals surface area contributed by atoms with Crippen LogP contribution in [-0.4, -0.2) is 39.4 Å². The fourth-order valence-electron chi connectivity index (χ4n) is 2.28. The van der Waals surface area contributed by atoms with E-state index >= 15 is 0 Å². The van der Waals surface area contributed by atoms with Gasteiger partial charge in [0.05, 0.1) is 31.0 Å². The molecule has 0 spiro atoms. The summed E-state index contributed by atoms with van der Waals surface area (Å²) in [6, 6.07) is 8.82. The van der Waals surface area contributed by atoms with Crippen LogP contribution in [0.5, 0.6) is 5.75 Å². The second-order valence-electron chi connectivity index (χ2n) is 5.41. The van der Waals surface area contributed by atoms with Crippen molar-refractivity contribution in [2.24, 2.45) is 5.10 Å². The number of anilines is 1. The normalized spacial score (nSPS) is 12.7. The number of amides is 1. The molecule has 140 valence electrons. The Kier molecular flexibility index (Phi) is 6.40. The van der Waals surface area contributed by atoms with E-state index in [2.05, 4.69) is 10.5 Å². The smallest absolute Gasteiger partial charge is 0.263 e. The van der Waals surface area contributed by atoms with Crippen LogP contribution < -0.4 is 14.5 Å². The molecule has 2 rings (SSSR count). The third kappa shape index (κ3) is 5.09. The maximum absolute atomic E-state index is 12.3. The predicted octanol–water partition coefficient (Wildman–Crippen LogP) is 1.98. The van der Waals surface area contributed by atoms with Crippen LogP contribution in [0.4, 0.5) is 5.69 Å². The third-order valence-corrected chi connectivity index (χ3v) is 4.64. The van der Waals surface area contributed by atoms with Gasteiger partial charge in [0.25, 0.3) is 5.91 Å². The van der Waals surface area contributed by atoms with Gasteiger partial charge in [-0.1, -0.05) is 0 Å². The number of sulfonamides is 1. The van der Waals surface area contributed by atoms with Crippen molar-refractivity contribution in [1.82, 2.24) is 5.43 Å². The molecule has 1 amide bonds. The molecule has 0 bridgehead atoms. The molecule has 1 heterocycles. The van der Waals surface area contributed by atoms with Gasteiger partial charge < -0.3 is 9.15 Å². The van der Waals surface area contributed by atoms with Crippen LogP contribution in [0.25, 0.3) is 0 Å². The van der Waals surface area contributed by atoms with Gasteiger partial charge in [0.15, 0.2) is 0 Å². The second-order valence-corrected chi connectivity index (χ2v) is 7.27. The predicted molar refractivity (Wildman–Crippen MR) is 98.8 cm³/mol. The summed E-state index contributed by atoms with van der Waals surface area (Å²) in [6.45, 7) is 3.84. The monoisotopic (exact) mass is 379 g/mol. The highest BCUT2D eigenvalue weighted by atomic mass is 32.2. The summed E-state index contributed by atoms with van der Waals surface area (Å²) in [4.78, 5) is 12.3. The number of benzene rings is 1. The van der Waals surface area contributed by atoms with Crippen molar-refractivity contribution in [1.29, 1.82) is 0 Å². The first-order chi connectivity index (χ1) is 12.3. The summed E-state index contributed by atoms with van der Waals surface area (Å²) in [7, 11) is -3.69. The van der Waals surface area contributed by atoms with E-state index in [0.717, 1.165) is 10.6 Å². The third-order valence-electron chi connectivity index (χ3n) is 3.40. The minimum absolute atomic E-state index is 0.355. The molecule has 1 atom stereocenters. The Bertz CT molecular complexity index is 845. The van der Waals surface area contributed by atoms with Crippen LogP contribution in [-0.2, 0) is 14.8 Å². The van der Waals surface area contributed by atoms with Crippen LogP contribution in [0.3, 0.4) is 0 Å². The van der Waals surface area contributed by atoms with Crippen molar-refractivity contribution < 1.29 is 22.4 Å². The van der Waals surface area contributed by atoms with Crippen LogP contribution in [0.15, 0.2) is 52.2 Å². The van der Waals surface area contributed by atoms with Gasteiger partial charge in [0.2, 0.25) is 10.0 Å². The standard InChI is InChI=1S/C17H21N3O5S/c1-4-24-15-9-7-14(8-10-15)20(26(3,22)23)13(2)17(21)19-18-12-16-6-5-11-25-16/h5-13H,4H2,1-3H3,(H,19,21)/t13-/m0/s1. The van der Waals surface area contributed by atoms with Gasteiger partial charge in [-0.2, -0.15) is 5.10 Å². The van der Waals surface area contributed by atoms with Crippen molar-refractivity contribution in [3.05, 3.63) is 48.4 Å². The number of carbonyl (C=O) groups is 1. The topological polar surface area (TPSA) is 101 Å². The molecule has 1 N–H and O–H groups in total. The van der Waals surface area contributed by atoms with Crippen molar-refractivity contribution >= 4 is 27.8 Å². The zero-order valence-corrected chi connectivity index (χ0v) is 15.6. The van der Waals surface area contributed by atoms with Crippen LogP contribution in [0, 0.1) is 0 Å². The van der Waals surface area contributed by atoms with Gasteiger partial charge in [-0.05, 0) is 50.2 Å². The average molecular weight is 379 g/mol. The zero-order valence-electron chi connectivity index (χ0n) is 14.7. The Morgan fingerprint density at radius 2 is 2.04 bits per heavy atom. The number of hydrazone groups is 1. The summed E-state index contributed by atoms with van der Waals surface area (Å²) in [6.07, 6.45) is 3.84. The van der Waals surface area contributed by atoms with E-state index in [9.17, 15) is 13.2 Å². The Morgan fingerprint density at radius 1 is 1.35 bits per heavy atom. The van der Waals surface area contributed by atoms with E-state index < -0.39 is 22.0 Å². The average Bonchev–Trinajstić information content (AvgIpc) is 3.09. The lowest BCUT2D eigenvalue weighted by atomic mass is 10.2. The molecule has 0 fully saturated rings. The van der Waals surface area contributed by atoms with Gasteiger partial charge in [-0.3, -0.25) is 9.10 Å². The highest BCUT2D eigenvalue weighted by Gasteiger charge is 2.29. The van der Waals surface area contributed by atoms with Gasteiger partial charge in [-0.15, -0.1) is 0 Å². The van der Waals surface area contributed by atoms with Gasteiger partial charge >= 0.3 is 0 Å². The number of hydrogen-bond acceptors (Lipinski definition) is 6. The second kappa shape index (κ2) is 8.52. The minimum atomic E-state index is -3.69. The number of hydrogen-bond donors (Lipinski definition) is 1. The molecule has 26 heavy (non-hydrogen) atoms. The van der Waals surface area contributed by atoms with Crippen molar-refractivity contribution in [3.63, 3.8) is 0 Å². The number of carbonyl (C=O) groups excluding carboxylic acids is 1. The Balaban J connectivity index is 2.16. The maximum atomic E-state index is 12.3. The molecule has 0 saturated heterocycles. The number of nitrogens with zero attached hydrogens (tertiary/aromatic N) is 2. The molecule has 0 aliphatic carbocycles. The molecular formula is C17H21N3O5S. The minimum Gasteiger partial charge on any atom is -0.494 e. The maximum Gasteiger partial charge on any atom is 0.263 e. The van der Waals surface area contributed by atoms with Gasteiger partial charge in [0.1, 0.15) is 17.6 Å². The highest BCUT2D eigenvalue weighted by molar-refractivity contribution is 7.92. The summed E-state index contributed by atoms with van der Waals surface area (Å²) >= 11 is 0. The molecule has 2 aromatic rings. The molecule has 8 nitrogen and oxygen atoms in total. The Morgan fingerprint density at radius 3 is 2.58 bits per heavy atom.